The van der Waals surface area contributed by atoms with Crippen LogP contribution >= 0.6 is 31.9 Å². The van der Waals surface area contributed by atoms with Crippen LogP contribution in [0.5, 0.6) is 0 Å². The van der Waals surface area contributed by atoms with Crippen molar-refractivity contribution in [2.24, 2.45) is 0 Å². The Bertz CT molecular complexity index is 476. The summed E-state index contributed by atoms with van der Waals surface area (Å²) in [5.41, 5.74) is 3.82. The summed E-state index contributed by atoms with van der Waals surface area (Å²) in [5, 5.41) is 0.840. The van der Waals surface area contributed by atoms with E-state index in [1.807, 2.05) is 6.07 Å². The maximum atomic E-state index is 3.88. The van der Waals surface area contributed by atoms with Gasteiger partial charge in [-0.25, -0.2) is 0 Å². The predicted octanol–water partition coefficient (Wildman–Crippen LogP) is 5.03. The third kappa shape index (κ3) is 2.63. The molecule has 0 aliphatic rings. The molecule has 2 heteroatoms. The van der Waals surface area contributed by atoms with Crippen molar-refractivity contribution >= 4 is 31.9 Å². The van der Waals surface area contributed by atoms with E-state index in [0.717, 1.165) is 5.33 Å². The van der Waals surface area contributed by atoms with Crippen LogP contribution in [0.15, 0.2) is 54.6 Å². The Morgan fingerprint density at radius 3 is 1.94 bits per heavy atom. The van der Waals surface area contributed by atoms with Gasteiger partial charge in [-0.2, -0.15) is 0 Å². The van der Waals surface area contributed by atoms with E-state index >= 15 is 0 Å². The minimum Gasteiger partial charge on any atom is -0.0905 e. The highest BCUT2D eigenvalue weighted by molar-refractivity contribution is 9.12. The summed E-state index contributed by atoms with van der Waals surface area (Å²) in [5.74, 6) is 0. The molecule has 0 saturated carbocycles. The van der Waals surface area contributed by atoms with Crippen LogP contribution in [-0.2, 0) is 4.32 Å². The Kier molecular flexibility index (Phi) is 4.05. The van der Waals surface area contributed by atoms with Crippen molar-refractivity contribution in [2.45, 2.75) is 11.2 Å². The van der Waals surface area contributed by atoms with Gasteiger partial charge in [-0.3, -0.25) is 0 Å². The van der Waals surface area contributed by atoms with Gasteiger partial charge < -0.3 is 0 Å². The lowest BCUT2D eigenvalue weighted by Gasteiger charge is -2.26. The van der Waals surface area contributed by atoms with Gasteiger partial charge in [0.15, 0.2) is 0 Å². The van der Waals surface area contributed by atoms with Crippen molar-refractivity contribution in [3.8, 4) is 0 Å². The molecule has 1 unspecified atom stereocenters. The summed E-state index contributed by atoms with van der Waals surface area (Å²) in [6.45, 7) is 2.11. The quantitative estimate of drug-likeness (QED) is 0.679. The molecule has 88 valence electrons. The molecule has 0 N–H and O–H groups in total. The van der Waals surface area contributed by atoms with Gasteiger partial charge in [0.05, 0.1) is 4.32 Å². The molecule has 0 spiro atoms. The summed E-state index contributed by atoms with van der Waals surface area (Å²) in [6.07, 6.45) is 0. The maximum absolute atomic E-state index is 3.88. The summed E-state index contributed by atoms with van der Waals surface area (Å²) in [4.78, 5) is 0. The minimum atomic E-state index is -0.151. The van der Waals surface area contributed by atoms with Gasteiger partial charge in [0.2, 0.25) is 0 Å². The van der Waals surface area contributed by atoms with Crippen LogP contribution in [0.4, 0.5) is 0 Å². The normalized spacial score (nSPS) is 14.3. The fourth-order valence-corrected chi connectivity index (χ4v) is 3.02. The molecule has 0 amide bonds. The van der Waals surface area contributed by atoms with Gasteiger partial charge in [-0.1, -0.05) is 92.0 Å². The third-order valence-corrected chi connectivity index (χ3v) is 5.71. The van der Waals surface area contributed by atoms with Gasteiger partial charge in [-0.15, -0.1) is 0 Å². The van der Waals surface area contributed by atoms with Gasteiger partial charge in [0, 0.05) is 5.33 Å². The second-order valence-corrected chi connectivity index (χ2v) is 6.08. The molecule has 0 heterocycles. The van der Waals surface area contributed by atoms with E-state index in [0.29, 0.717) is 0 Å². The molecule has 17 heavy (non-hydrogen) atoms. The molecule has 1 atom stereocenters. The van der Waals surface area contributed by atoms with E-state index < -0.39 is 0 Å². The maximum Gasteiger partial charge on any atom is 0.0851 e. The molecule has 0 aliphatic heterocycles. The molecule has 0 fully saturated rings. The highest BCUT2D eigenvalue weighted by Gasteiger charge is 2.29. The summed E-state index contributed by atoms with van der Waals surface area (Å²) in [7, 11) is 0. The number of rotatable bonds is 3. The SMILES string of the molecule is Cc1ccc(C(Br)(CBr)c2ccccc2)cc1. The second-order valence-electron chi connectivity index (χ2n) is 4.17. The monoisotopic (exact) mass is 352 g/mol. The number of halogens is 2. The largest absolute Gasteiger partial charge is 0.0905 e. The van der Waals surface area contributed by atoms with E-state index in [-0.39, 0.29) is 4.32 Å². The first-order valence-electron chi connectivity index (χ1n) is 5.54. The standard InChI is InChI=1S/C15H14Br2/c1-12-7-9-14(10-8-12)15(17,11-16)13-5-3-2-4-6-13/h2-10H,11H2,1H3. The Morgan fingerprint density at radius 2 is 1.41 bits per heavy atom. The third-order valence-electron chi connectivity index (χ3n) is 2.92. The van der Waals surface area contributed by atoms with Crippen molar-refractivity contribution in [1.29, 1.82) is 0 Å². The van der Waals surface area contributed by atoms with Crippen LogP contribution in [0.25, 0.3) is 0 Å². The van der Waals surface area contributed by atoms with Crippen LogP contribution < -0.4 is 0 Å². The molecule has 0 aromatic heterocycles. The van der Waals surface area contributed by atoms with Crippen molar-refractivity contribution in [3.63, 3.8) is 0 Å². The molecule has 2 aromatic rings. The van der Waals surface area contributed by atoms with Gasteiger partial charge >= 0.3 is 0 Å². The number of alkyl halides is 2. The molecular weight excluding hydrogens is 340 g/mol. The fourth-order valence-electron chi connectivity index (χ4n) is 1.84. The number of benzene rings is 2. The van der Waals surface area contributed by atoms with Crippen molar-refractivity contribution in [2.75, 3.05) is 5.33 Å². The van der Waals surface area contributed by atoms with E-state index in [1.54, 1.807) is 0 Å². The van der Waals surface area contributed by atoms with Crippen LogP contribution in [0, 0.1) is 6.92 Å². The Balaban J connectivity index is 2.48. The first-order valence-corrected chi connectivity index (χ1v) is 7.46. The van der Waals surface area contributed by atoms with Crippen molar-refractivity contribution < 1.29 is 0 Å². The lowest BCUT2D eigenvalue weighted by atomic mass is 9.92. The molecule has 2 aromatic carbocycles. The van der Waals surface area contributed by atoms with E-state index in [4.69, 9.17) is 0 Å². The summed E-state index contributed by atoms with van der Waals surface area (Å²) >= 11 is 7.50. The predicted molar refractivity (Wildman–Crippen MR) is 81.1 cm³/mol. The van der Waals surface area contributed by atoms with E-state index in [9.17, 15) is 0 Å². The molecule has 0 aliphatic carbocycles. The Morgan fingerprint density at radius 1 is 0.882 bits per heavy atom. The van der Waals surface area contributed by atoms with Crippen LogP contribution in [0.2, 0.25) is 0 Å². The first kappa shape index (κ1) is 12.8. The molecule has 0 bridgehead atoms. The van der Waals surface area contributed by atoms with Crippen LogP contribution in [0.1, 0.15) is 16.7 Å². The van der Waals surface area contributed by atoms with Crippen LogP contribution in [0.3, 0.4) is 0 Å². The number of hydrogen-bond acceptors (Lipinski definition) is 0. The van der Waals surface area contributed by atoms with Gasteiger partial charge in [-0.05, 0) is 18.1 Å². The van der Waals surface area contributed by atoms with Gasteiger partial charge in [0.1, 0.15) is 0 Å². The molecule has 2 rings (SSSR count). The molecular formula is C15H14Br2. The molecule has 0 nitrogen and oxygen atoms in total. The van der Waals surface area contributed by atoms with Crippen molar-refractivity contribution in [3.05, 3.63) is 71.3 Å². The Hall–Kier alpha value is -0.600. The molecule has 0 saturated heterocycles. The van der Waals surface area contributed by atoms with Gasteiger partial charge in [0.25, 0.3) is 0 Å². The zero-order valence-electron chi connectivity index (χ0n) is 9.66. The number of aryl methyl sites for hydroxylation is 1. The first-order chi connectivity index (χ1) is 8.16. The minimum absolute atomic E-state index is 0.151. The zero-order valence-corrected chi connectivity index (χ0v) is 12.8. The highest BCUT2D eigenvalue weighted by Crippen LogP contribution is 2.40. The second kappa shape index (κ2) is 5.36. The fraction of sp³-hybridized carbons (Fsp3) is 0.200. The average molecular weight is 354 g/mol. The smallest absolute Gasteiger partial charge is 0.0851 e. The number of hydrogen-bond donors (Lipinski definition) is 0. The lowest BCUT2D eigenvalue weighted by Crippen LogP contribution is -2.21. The highest BCUT2D eigenvalue weighted by atomic mass is 79.9. The van der Waals surface area contributed by atoms with E-state index in [2.05, 4.69) is 87.3 Å². The summed E-state index contributed by atoms with van der Waals surface area (Å²) < 4.78 is -0.151. The zero-order chi connectivity index (χ0) is 12.3. The topological polar surface area (TPSA) is 0 Å². The van der Waals surface area contributed by atoms with E-state index in [1.165, 1.54) is 16.7 Å². The average Bonchev–Trinajstić information content (AvgIpc) is 2.40. The Labute approximate surface area is 119 Å². The molecule has 0 radical (unpaired) electrons. The van der Waals surface area contributed by atoms with Crippen LogP contribution in [-0.4, -0.2) is 5.33 Å². The lowest BCUT2D eigenvalue weighted by molar-refractivity contribution is 0.881. The summed E-state index contributed by atoms with van der Waals surface area (Å²) in [6, 6.07) is 19.1. The van der Waals surface area contributed by atoms with Crippen molar-refractivity contribution in [1.82, 2.24) is 0 Å².